The van der Waals surface area contributed by atoms with Crippen LogP contribution >= 0.6 is 0 Å². The Labute approximate surface area is 156 Å². The van der Waals surface area contributed by atoms with Gasteiger partial charge < -0.3 is 4.90 Å². The molecule has 1 saturated heterocycles. The van der Waals surface area contributed by atoms with Crippen LogP contribution < -0.4 is 10.5 Å². The van der Waals surface area contributed by atoms with E-state index in [1.54, 1.807) is 4.40 Å². The largest absolute Gasteiger partial charge is 0.371 e. The lowest BCUT2D eigenvalue weighted by Crippen LogP contribution is -2.29. The fourth-order valence-corrected chi connectivity index (χ4v) is 4.70. The number of para-hydroxylation sites is 2. The molecule has 3 heterocycles. The summed E-state index contributed by atoms with van der Waals surface area (Å²) < 4.78 is 1.77. The van der Waals surface area contributed by atoms with Crippen molar-refractivity contribution in [1.82, 2.24) is 9.38 Å². The number of rotatable bonds is 1. The predicted octanol–water partition coefficient (Wildman–Crippen LogP) is 4.58. The van der Waals surface area contributed by atoms with E-state index in [0.717, 1.165) is 45.9 Å². The maximum absolute atomic E-state index is 13.4. The van der Waals surface area contributed by atoms with Crippen molar-refractivity contribution in [3.63, 3.8) is 0 Å². The van der Waals surface area contributed by atoms with Crippen molar-refractivity contribution in [3.05, 3.63) is 65.0 Å². The van der Waals surface area contributed by atoms with E-state index < -0.39 is 0 Å². The summed E-state index contributed by atoms with van der Waals surface area (Å²) in [6.07, 6.45) is 3.77. The highest BCUT2D eigenvalue weighted by molar-refractivity contribution is 6.18. The van der Waals surface area contributed by atoms with Crippen molar-refractivity contribution in [2.24, 2.45) is 0 Å². The standard InChI is InChI=1S/C23H19N3O/c27-23-17-8-6-7-15-19(25-13-4-1-5-14-25)12-11-16(21(15)17)22-24-18-9-2-3-10-20(18)26(22)23/h2-3,6-12H,1,4-5,13-14H2. The van der Waals surface area contributed by atoms with E-state index in [1.807, 2.05) is 36.4 Å². The lowest BCUT2D eigenvalue weighted by atomic mass is 9.99. The first kappa shape index (κ1) is 15.0. The molecule has 0 radical (unpaired) electrons. The number of anilines is 1. The van der Waals surface area contributed by atoms with Gasteiger partial charge in [0, 0.05) is 40.3 Å². The molecule has 0 atom stereocenters. The maximum Gasteiger partial charge on any atom is 0.264 e. The minimum atomic E-state index is 0.0209. The summed E-state index contributed by atoms with van der Waals surface area (Å²) in [5.74, 6) is 0. The van der Waals surface area contributed by atoms with Gasteiger partial charge in [0.1, 0.15) is 5.65 Å². The van der Waals surface area contributed by atoms with E-state index in [-0.39, 0.29) is 5.56 Å². The smallest absolute Gasteiger partial charge is 0.264 e. The molecule has 0 saturated carbocycles. The van der Waals surface area contributed by atoms with Crippen LogP contribution in [-0.2, 0) is 0 Å². The first-order chi connectivity index (χ1) is 13.3. The number of hydrogen-bond acceptors (Lipinski definition) is 3. The van der Waals surface area contributed by atoms with Crippen LogP contribution in [0.3, 0.4) is 0 Å². The van der Waals surface area contributed by atoms with Crippen molar-refractivity contribution in [3.8, 4) is 0 Å². The second kappa shape index (κ2) is 5.43. The summed E-state index contributed by atoms with van der Waals surface area (Å²) in [4.78, 5) is 20.6. The second-order valence-electron chi connectivity index (χ2n) is 7.47. The average Bonchev–Trinajstić information content (AvgIpc) is 3.12. The lowest BCUT2D eigenvalue weighted by molar-refractivity contribution is 0.579. The van der Waals surface area contributed by atoms with Gasteiger partial charge in [0.25, 0.3) is 5.56 Å². The molecule has 0 aliphatic carbocycles. The van der Waals surface area contributed by atoms with E-state index in [2.05, 4.69) is 23.1 Å². The predicted molar refractivity (Wildman–Crippen MR) is 111 cm³/mol. The summed E-state index contributed by atoms with van der Waals surface area (Å²) in [5, 5.41) is 4.04. The van der Waals surface area contributed by atoms with Crippen molar-refractivity contribution in [2.45, 2.75) is 19.3 Å². The fraction of sp³-hybridized carbons (Fsp3) is 0.217. The van der Waals surface area contributed by atoms with Crippen molar-refractivity contribution < 1.29 is 0 Å². The molecule has 0 spiro atoms. The number of nitrogens with zero attached hydrogens (tertiary/aromatic N) is 3. The zero-order valence-electron chi connectivity index (χ0n) is 15.0. The molecule has 0 bridgehead atoms. The van der Waals surface area contributed by atoms with E-state index in [0.29, 0.717) is 0 Å². The van der Waals surface area contributed by atoms with Crippen LogP contribution in [0.5, 0.6) is 0 Å². The van der Waals surface area contributed by atoms with Gasteiger partial charge in [0.05, 0.1) is 11.0 Å². The number of pyridine rings is 1. The van der Waals surface area contributed by atoms with Crippen LogP contribution in [0.1, 0.15) is 19.3 Å². The topological polar surface area (TPSA) is 37.6 Å². The Morgan fingerprint density at radius 2 is 1.59 bits per heavy atom. The Morgan fingerprint density at radius 1 is 0.778 bits per heavy atom. The molecule has 3 aromatic carbocycles. The number of imidazole rings is 1. The van der Waals surface area contributed by atoms with Gasteiger partial charge in [-0.05, 0) is 49.6 Å². The van der Waals surface area contributed by atoms with Gasteiger partial charge in [0.15, 0.2) is 0 Å². The van der Waals surface area contributed by atoms with Gasteiger partial charge in [0.2, 0.25) is 0 Å². The zero-order chi connectivity index (χ0) is 18.0. The molecule has 0 N–H and O–H groups in total. The van der Waals surface area contributed by atoms with Gasteiger partial charge in [-0.15, -0.1) is 0 Å². The molecule has 1 fully saturated rings. The summed E-state index contributed by atoms with van der Waals surface area (Å²) in [6.45, 7) is 2.18. The number of piperidine rings is 1. The first-order valence-corrected chi connectivity index (χ1v) is 9.66. The van der Waals surface area contributed by atoms with Crippen LogP contribution in [0.4, 0.5) is 5.69 Å². The minimum absolute atomic E-state index is 0.0209. The number of aromatic nitrogens is 2. The molecule has 27 heavy (non-hydrogen) atoms. The molecular weight excluding hydrogens is 334 g/mol. The number of hydrogen-bond donors (Lipinski definition) is 0. The van der Waals surface area contributed by atoms with Gasteiger partial charge in [-0.25, -0.2) is 4.98 Å². The minimum Gasteiger partial charge on any atom is -0.371 e. The Bertz CT molecular complexity index is 1380. The van der Waals surface area contributed by atoms with Crippen LogP contribution in [0.15, 0.2) is 59.4 Å². The third kappa shape index (κ3) is 1.98. The first-order valence-electron chi connectivity index (χ1n) is 9.66. The number of benzene rings is 3. The fourth-order valence-electron chi connectivity index (χ4n) is 4.70. The van der Waals surface area contributed by atoms with Gasteiger partial charge in [-0.2, -0.15) is 0 Å². The highest BCUT2D eigenvalue weighted by Crippen LogP contribution is 2.36. The van der Waals surface area contributed by atoms with Crippen molar-refractivity contribution >= 4 is 43.9 Å². The SMILES string of the molecule is O=c1c2cccc3c(N4CCCCC4)ccc(c32)c2nc3ccccc3n12. The van der Waals surface area contributed by atoms with Gasteiger partial charge in [-0.3, -0.25) is 9.20 Å². The monoisotopic (exact) mass is 353 g/mol. The van der Waals surface area contributed by atoms with Crippen molar-refractivity contribution in [1.29, 1.82) is 0 Å². The second-order valence-corrected chi connectivity index (χ2v) is 7.47. The summed E-state index contributed by atoms with van der Waals surface area (Å²) in [6, 6.07) is 18.3. The third-order valence-electron chi connectivity index (χ3n) is 5.95. The van der Waals surface area contributed by atoms with Crippen molar-refractivity contribution in [2.75, 3.05) is 18.0 Å². The zero-order valence-corrected chi connectivity index (χ0v) is 15.0. The maximum atomic E-state index is 13.4. The lowest BCUT2D eigenvalue weighted by Gasteiger charge is -2.30. The highest BCUT2D eigenvalue weighted by atomic mass is 16.1. The van der Waals surface area contributed by atoms with Crippen LogP contribution in [0.25, 0.3) is 38.2 Å². The number of fused-ring (bicyclic) bond motifs is 4. The summed E-state index contributed by atoms with van der Waals surface area (Å²) in [7, 11) is 0. The molecule has 5 aromatic rings. The molecule has 0 unspecified atom stereocenters. The van der Waals surface area contributed by atoms with Crippen LogP contribution in [0.2, 0.25) is 0 Å². The molecule has 1 aliphatic rings. The summed E-state index contributed by atoms with van der Waals surface area (Å²) in [5.41, 5.74) is 3.76. The normalized spacial score (nSPS) is 15.5. The molecule has 4 heteroatoms. The van der Waals surface area contributed by atoms with Crippen LogP contribution in [0, 0.1) is 0 Å². The molecule has 4 nitrogen and oxygen atoms in total. The molecule has 132 valence electrons. The molecule has 1 aliphatic heterocycles. The third-order valence-corrected chi connectivity index (χ3v) is 5.95. The van der Waals surface area contributed by atoms with Crippen LogP contribution in [-0.4, -0.2) is 22.5 Å². The molecule has 6 rings (SSSR count). The van der Waals surface area contributed by atoms with Gasteiger partial charge >= 0.3 is 0 Å². The van der Waals surface area contributed by atoms with E-state index in [1.165, 1.54) is 30.3 Å². The summed E-state index contributed by atoms with van der Waals surface area (Å²) >= 11 is 0. The Kier molecular flexibility index (Phi) is 3.01. The van der Waals surface area contributed by atoms with E-state index in [4.69, 9.17) is 4.98 Å². The Balaban J connectivity index is 1.79. The molecule has 0 amide bonds. The molecular formula is C23H19N3O. The van der Waals surface area contributed by atoms with Gasteiger partial charge in [-0.1, -0.05) is 24.3 Å². The Morgan fingerprint density at radius 3 is 2.48 bits per heavy atom. The highest BCUT2D eigenvalue weighted by Gasteiger charge is 2.19. The Hall–Kier alpha value is -3.14. The van der Waals surface area contributed by atoms with E-state index in [9.17, 15) is 4.79 Å². The molecule has 2 aromatic heterocycles. The van der Waals surface area contributed by atoms with E-state index >= 15 is 0 Å². The average molecular weight is 353 g/mol. The quantitative estimate of drug-likeness (QED) is 0.443.